The summed E-state index contributed by atoms with van der Waals surface area (Å²) in [6.45, 7) is 7.75. The second kappa shape index (κ2) is 9.05. The maximum Gasteiger partial charge on any atom is 0.231 e. The van der Waals surface area contributed by atoms with Crippen LogP contribution in [0.4, 0.5) is 14.6 Å². The van der Waals surface area contributed by atoms with Crippen LogP contribution in [0.5, 0.6) is 11.6 Å². The highest BCUT2D eigenvalue weighted by Crippen LogP contribution is 2.28. The van der Waals surface area contributed by atoms with Crippen LogP contribution in [0.3, 0.4) is 0 Å². The molecule has 8 nitrogen and oxygen atoms in total. The Kier molecular flexibility index (Phi) is 6.14. The van der Waals surface area contributed by atoms with Crippen molar-refractivity contribution in [2.45, 2.75) is 39.5 Å². The molecule has 1 aromatic carbocycles. The average molecular weight is 464 g/mol. The minimum Gasteiger partial charge on any atom is -0.437 e. The highest BCUT2D eigenvalue weighted by molar-refractivity contribution is 5.91. The summed E-state index contributed by atoms with van der Waals surface area (Å²) in [5, 5.41) is 3.00. The van der Waals surface area contributed by atoms with E-state index in [-0.39, 0.29) is 29.2 Å². The van der Waals surface area contributed by atoms with Gasteiger partial charge in [0.2, 0.25) is 11.8 Å². The number of aryl methyl sites for hydroxylation is 1. The van der Waals surface area contributed by atoms with Crippen molar-refractivity contribution in [3.63, 3.8) is 0 Å². The molecule has 0 bridgehead atoms. The van der Waals surface area contributed by atoms with E-state index in [1.165, 1.54) is 30.7 Å². The Bertz CT molecular complexity index is 1390. The molecule has 0 aliphatic rings. The van der Waals surface area contributed by atoms with Gasteiger partial charge in [-0.05, 0) is 25.1 Å². The first-order chi connectivity index (χ1) is 16.1. The third-order valence-electron chi connectivity index (χ3n) is 4.87. The highest BCUT2D eigenvalue weighted by Gasteiger charge is 2.19. The SMILES string of the molecule is Cc1nc(NC(=O)Cc2ncc(Oc3ncnc4ccc(F)cc34)cc2F)cc(C(C)(C)C)n1. The van der Waals surface area contributed by atoms with Crippen LogP contribution < -0.4 is 10.1 Å². The molecular weight excluding hydrogens is 442 g/mol. The number of hydrogen-bond donors (Lipinski definition) is 1. The van der Waals surface area contributed by atoms with Crippen molar-refractivity contribution in [1.29, 1.82) is 0 Å². The summed E-state index contributed by atoms with van der Waals surface area (Å²) in [6, 6.07) is 6.78. The van der Waals surface area contributed by atoms with Gasteiger partial charge in [0.05, 0.1) is 34.9 Å². The number of carbonyl (C=O) groups excluding carboxylic acids is 1. The van der Waals surface area contributed by atoms with Crippen LogP contribution in [0.2, 0.25) is 0 Å². The van der Waals surface area contributed by atoms with Gasteiger partial charge in [-0.15, -0.1) is 0 Å². The molecule has 0 saturated carbocycles. The van der Waals surface area contributed by atoms with Gasteiger partial charge in [-0.3, -0.25) is 9.78 Å². The highest BCUT2D eigenvalue weighted by atomic mass is 19.1. The molecule has 3 aromatic heterocycles. The number of benzene rings is 1. The summed E-state index contributed by atoms with van der Waals surface area (Å²) in [7, 11) is 0. The minimum absolute atomic E-state index is 0.0483. The first-order valence-corrected chi connectivity index (χ1v) is 10.5. The molecule has 34 heavy (non-hydrogen) atoms. The molecule has 1 N–H and O–H groups in total. The van der Waals surface area contributed by atoms with Crippen LogP contribution in [-0.4, -0.2) is 30.8 Å². The second-order valence-corrected chi connectivity index (χ2v) is 8.70. The third kappa shape index (κ3) is 5.28. The lowest BCUT2D eigenvalue weighted by Gasteiger charge is -2.19. The fourth-order valence-corrected chi connectivity index (χ4v) is 3.19. The number of hydrogen-bond acceptors (Lipinski definition) is 7. The number of amides is 1. The van der Waals surface area contributed by atoms with Crippen LogP contribution >= 0.6 is 0 Å². The quantitative estimate of drug-likeness (QED) is 0.458. The second-order valence-electron chi connectivity index (χ2n) is 8.70. The number of pyridine rings is 1. The van der Waals surface area contributed by atoms with Crippen LogP contribution in [0.1, 0.15) is 38.0 Å². The molecule has 0 radical (unpaired) electrons. The van der Waals surface area contributed by atoms with E-state index in [0.29, 0.717) is 22.5 Å². The molecule has 0 atom stereocenters. The van der Waals surface area contributed by atoms with Gasteiger partial charge in [0.1, 0.15) is 29.6 Å². The van der Waals surface area contributed by atoms with Gasteiger partial charge in [0, 0.05) is 17.5 Å². The number of nitrogens with zero attached hydrogens (tertiary/aromatic N) is 5. The zero-order chi connectivity index (χ0) is 24.5. The van der Waals surface area contributed by atoms with E-state index in [0.717, 1.165) is 11.8 Å². The Morgan fingerprint density at radius 3 is 2.59 bits per heavy atom. The molecule has 0 spiro atoms. The van der Waals surface area contributed by atoms with Gasteiger partial charge in [0.15, 0.2) is 5.75 Å². The first kappa shape index (κ1) is 23.1. The van der Waals surface area contributed by atoms with Crippen molar-refractivity contribution in [2.75, 3.05) is 5.32 Å². The topological polar surface area (TPSA) is 103 Å². The lowest BCUT2D eigenvalue weighted by molar-refractivity contribution is -0.115. The summed E-state index contributed by atoms with van der Waals surface area (Å²) >= 11 is 0. The van der Waals surface area contributed by atoms with E-state index in [1.807, 2.05) is 20.8 Å². The molecule has 1 amide bonds. The van der Waals surface area contributed by atoms with Crippen LogP contribution in [0.25, 0.3) is 10.9 Å². The Morgan fingerprint density at radius 2 is 1.85 bits per heavy atom. The van der Waals surface area contributed by atoms with Crippen LogP contribution in [0.15, 0.2) is 42.9 Å². The van der Waals surface area contributed by atoms with Gasteiger partial charge in [-0.25, -0.2) is 28.7 Å². The van der Waals surface area contributed by atoms with E-state index < -0.39 is 17.5 Å². The van der Waals surface area contributed by atoms with E-state index in [9.17, 15) is 13.6 Å². The molecule has 0 fully saturated rings. The summed E-state index contributed by atoms with van der Waals surface area (Å²) < 4.78 is 33.9. The van der Waals surface area contributed by atoms with Crippen LogP contribution in [0, 0.1) is 18.6 Å². The van der Waals surface area contributed by atoms with Gasteiger partial charge in [-0.2, -0.15) is 0 Å². The molecule has 0 aliphatic heterocycles. The van der Waals surface area contributed by atoms with E-state index in [1.54, 1.807) is 13.0 Å². The van der Waals surface area contributed by atoms with Gasteiger partial charge in [0.25, 0.3) is 0 Å². The number of rotatable bonds is 5. The summed E-state index contributed by atoms with van der Waals surface area (Å²) in [5.41, 5.74) is 0.962. The molecule has 0 aliphatic carbocycles. The van der Waals surface area contributed by atoms with Crippen molar-refractivity contribution in [3.8, 4) is 11.6 Å². The number of halogens is 2. The molecule has 10 heteroatoms. The predicted molar refractivity (Wildman–Crippen MR) is 122 cm³/mol. The van der Waals surface area contributed by atoms with E-state index in [4.69, 9.17) is 4.74 Å². The smallest absolute Gasteiger partial charge is 0.231 e. The fourth-order valence-electron chi connectivity index (χ4n) is 3.19. The zero-order valence-electron chi connectivity index (χ0n) is 19.1. The molecular formula is C24H22F2N6O2. The van der Waals surface area contributed by atoms with E-state index >= 15 is 0 Å². The van der Waals surface area contributed by atoms with E-state index in [2.05, 4.69) is 30.2 Å². The molecule has 0 unspecified atom stereocenters. The summed E-state index contributed by atoms with van der Waals surface area (Å²) in [4.78, 5) is 33.2. The number of ether oxygens (including phenoxy) is 1. The van der Waals surface area contributed by atoms with Gasteiger partial charge in [-0.1, -0.05) is 20.8 Å². The number of nitrogens with one attached hydrogen (secondary N) is 1. The lowest BCUT2D eigenvalue weighted by Crippen LogP contribution is -2.20. The first-order valence-electron chi connectivity index (χ1n) is 10.5. The zero-order valence-corrected chi connectivity index (χ0v) is 19.1. The Labute approximate surface area is 194 Å². The molecule has 0 saturated heterocycles. The normalized spacial score (nSPS) is 11.5. The van der Waals surface area contributed by atoms with Crippen molar-refractivity contribution in [3.05, 3.63) is 71.7 Å². The molecule has 3 heterocycles. The Balaban J connectivity index is 1.49. The van der Waals surface area contributed by atoms with Crippen molar-refractivity contribution in [1.82, 2.24) is 24.9 Å². The Morgan fingerprint density at radius 1 is 1.06 bits per heavy atom. The van der Waals surface area contributed by atoms with Gasteiger partial charge >= 0.3 is 0 Å². The number of fused-ring (bicyclic) bond motifs is 1. The maximum absolute atomic E-state index is 14.7. The maximum atomic E-state index is 14.7. The van der Waals surface area contributed by atoms with Crippen LogP contribution in [-0.2, 0) is 16.6 Å². The number of aromatic nitrogens is 5. The molecule has 4 rings (SSSR count). The lowest BCUT2D eigenvalue weighted by atomic mass is 9.92. The fraction of sp³-hybridized carbons (Fsp3) is 0.250. The summed E-state index contributed by atoms with van der Waals surface area (Å²) in [5.74, 6) is -0.721. The molecule has 4 aromatic rings. The minimum atomic E-state index is -0.730. The number of anilines is 1. The van der Waals surface area contributed by atoms with Crippen molar-refractivity contribution in [2.24, 2.45) is 0 Å². The summed E-state index contributed by atoms with van der Waals surface area (Å²) in [6.07, 6.45) is 2.23. The number of carbonyl (C=O) groups is 1. The monoisotopic (exact) mass is 464 g/mol. The molecule has 174 valence electrons. The largest absolute Gasteiger partial charge is 0.437 e. The predicted octanol–water partition coefficient (Wildman–Crippen LogP) is 4.67. The van der Waals surface area contributed by atoms with Crippen molar-refractivity contribution < 1.29 is 18.3 Å². The van der Waals surface area contributed by atoms with Gasteiger partial charge < -0.3 is 10.1 Å². The van der Waals surface area contributed by atoms with Crippen molar-refractivity contribution >= 4 is 22.6 Å². The average Bonchev–Trinajstić information content (AvgIpc) is 2.75. The standard InChI is InChI=1S/C24H22F2N6O2/c1-13-30-20(24(2,3)4)10-21(31-13)32-22(33)9-19-17(26)8-15(11-27-19)34-23-16-7-14(25)5-6-18(16)28-12-29-23/h5-8,10-12H,9H2,1-4H3,(H,30,31,32,33). The Hall–Kier alpha value is -4.08. The third-order valence-corrected chi connectivity index (χ3v) is 4.87.